The number of hydrogen-bond acceptors (Lipinski definition) is 2. The van der Waals surface area contributed by atoms with Gasteiger partial charge in [-0.15, -0.1) is 0 Å². The Labute approximate surface area is 137 Å². The third-order valence-corrected chi connectivity index (χ3v) is 3.78. The molecule has 6 heteroatoms. The molecule has 0 bridgehead atoms. The van der Waals surface area contributed by atoms with Crippen LogP contribution in [0.2, 0.25) is 10.0 Å². The fraction of sp³-hybridized carbons (Fsp3) is 0.125. The minimum atomic E-state index is -0.228. The summed E-state index contributed by atoms with van der Waals surface area (Å²) in [6.45, 7) is 1.96. The van der Waals surface area contributed by atoms with Crippen molar-refractivity contribution in [3.8, 4) is 0 Å². The Morgan fingerprint density at radius 2 is 1.82 bits per heavy atom. The summed E-state index contributed by atoms with van der Waals surface area (Å²) >= 11 is 11.9. The number of halogens is 2. The van der Waals surface area contributed by atoms with E-state index in [0.29, 0.717) is 33.5 Å². The van der Waals surface area contributed by atoms with Gasteiger partial charge < -0.3 is 5.32 Å². The maximum absolute atomic E-state index is 12.6. The van der Waals surface area contributed by atoms with Gasteiger partial charge in [0.1, 0.15) is 11.3 Å². The van der Waals surface area contributed by atoms with Gasteiger partial charge in [0, 0.05) is 16.9 Å². The number of fused-ring (bicyclic) bond motifs is 1. The number of pyridine rings is 1. The van der Waals surface area contributed by atoms with Crippen LogP contribution in [0.25, 0.3) is 5.65 Å². The number of benzene rings is 1. The first kappa shape index (κ1) is 14.9. The first-order chi connectivity index (χ1) is 10.6. The number of rotatable bonds is 3. The lowest BCUT2D eigenvalue weighted by molar-refractivity contribution is 0.102. The van der Waals surface area contributed by atoms with Crippen molar-refractivity contribution in [3.05, 3.63) is 64.0 Å². The van der Waals surface area contributed by atoms with Gasteiger partial charge in [0.25, 0.3) is 5.91 Å². The van der Waals surface area contributed by atoms with E-state index in [-0.39, 0.29) is 5.91 Å². The largest absolute Gasteiger partial charge is 0.321 e. The van der Waals surface area contributed by atoms with Crippen LogP contribution in [0, 0.1) is 0 Å². The molecular weight excluding hydrogens is 321 g/mol. The number of hydrogen-bond donors (Lipinski definition) is 1. The van der Waals surface area contributed by atoms with Crippen LogP contribution in [0.3, 0.4) is 0 Å². The fourth-order valence-electron chi connectivity index (χ4n) is 2.28. The SMILES string of the molecule is CCc1nc2ccc(Cl)cn2c1C(=O)Nc1ccc(Cl)cc1. The van der Waals surface area contributed by atoms with E-state index in [1.807, 2.05) is 6.92 Å². The molecule has 2 heterocycles. The molecule has 0 aliphatic carbocycles. The van der Waals surface area contributed by atoms with Gasteiger partial charge >= 0.3 is 0 Å². The van der Waals surface area contributed by atoms with Gasteiger partial charge in [-0.2, -0.15) is 0 Å². The molecule has 112 valence electrons. The van der Waals surface area contributed by atoms with Gasteiger partial charge in [0.05, 0.1) is 10.7 Å². The predicted molar refractivity (Wildman–Crippen MR) is 89.0 cm³/mol. The summed E-state index contributed by atoms with van der Waals surface area (Å²) in [4.78, 5) is 17.1. The second kappa shape index (κ2) is 5.99. The van der Waals surface area contributed by atoms with Gasteiger partial charge in [-0.05, 0) is 42.8 Å². The maximum atomic E-state index is 12.6. The van der Waals surface area contributed by atoms with E-state index in [2.05, 4.69) is 10.3 Å². The van der Waals surface area contributed by atoms with E-state index in [1.54, 1.807) is 47.0 Å². The molecule has 22 heavy (non-hydrogen) atoms. The summed E-state index contributed by atoms with van der Waals surface area (Å²) < 4.78 is 1.71. The predicted octanol–water partition coefficient (Wildman–Crippen LogP) is 4.46. The summed E-state index contributed by atoms with van der Waals surface area (Å²) in [5, 5.41) is 4.02. The quantitative estimate of drug-likeness (QED) is 0.769. The summed E-state index contributed by atoms with van der Waals surface area (Å²) in [7, 11) is 0. The topological polar surface area (TPSA) is 46.4 Å². The molecule has 0 aliphatic rings. The zero-order valence-electron chi connectivity index (χ0n) is 11.8. The molecule has 3 rings (SSSR count). The Balaban J connectivity index is 2.02. The van der Waals surface area contributed by atoms with Crippen molar-refractivity contribution in [3.63, 3.8) is 0 Å². The van der Waals surface area contributed by atoms with Gasteiger partial charge in [0.15, 0.2) is 0 Å². The van der Waals surface area contributed by atoms with E-state index in [4.69, 9.17) is 23.2 Å². The average Bonchev–Trinajstić information content (AvgIpc) is 2.87. The zero-order valence-corrected chi connectivity index (χ0v) is 13.3. The minimum Gasteiger partial charge on any atom is -0.321 e. The molecule has 4 nitrogen and oxygen atoms in total. The van der Waals surface area contributed by atoms with Crippen LogP contribution in [0.15, 0.2) is 42.6 Å². The minimum absolute atomic E-state index is 0.228. The third-order valence-electron chi connectivity index (χ3n) is 3.31. The molecular formula is C16H13Cl2N3O. The highest BCUT2D eigenvalue weighted by atomic mass is 35.5. The number of nitrogens with one attached hydrogen (secondary N) is 1. The lowest BCUT2D eigenvalue weighted by atomic mass is 10.2. The number of amides is 1. The lowest BCUT2D eigenvalue weighted by Crippen LogP contribution is -2.16. The Hall–Kier alpha value is -2.04. The van der Waals surface area contributed by atoms with Crippen LogP contribution in [0.5, 0.6) is 0 Å². The van der Waals surface area contributed by atoms with Crippen molar-refractivity contribution >= 4 is 40.4 Å². The van der Waals surface area contributed by atoms with Crippen molar-refractivity contribution in [2.24, 2.45) is 0 Å². The maximum Gasteiger partial charge on any atom is 0.274 e. The molecule has 3 aromatic rings. The monoisotopic (exact) mass is 333 g/mol. The highest BCUT2D eigenvalue weighted by Crippen LogP contribution is 2.19. The zero-order chi connectivity index (χ0) is 15.7. The Kier molecular flexibility index (Phi) is 4.05. The van der Waals surface area contributed by atoms with Crippen molar-refractivity contribution in [1.82, 2.24) is 9.38 Å². The molecule has 1 amide bonds. The van der Waals surface area contributed by atoms with Crippen LogP contribution in [0.4, 0.5) is 5.69 Å². The number of aromatic nitrogens is 2. The third kappa shape index (κ3) is 2.80. The number of carbonyl (C=O) groups excluding carboxylic acids is 1. The molecule has 0 fully saturated rings. The molecule has 0 radical (unpaired) electrons. The highest BCUT2D eigenvalue weighted by molar-refractivity contribution is 6.31. The fourth-order valence-corrected chi connectivity index (χ4v) is 2.56. The Bertz CT molecular complexity index is 840. The number of imidazole rings is 1. The molecule has 2 aromatic heterocycles. The molecule has 0 saturated carbocycles. The number of anilines is 1. The number of nitrogens with zero attached hydrogens (tertiary/aromatic N) is 2. The molecule has 1 aromatic carbocycles. The number of aryl methyl sites for hydroxylation is 1. The molecule has 0 aliphatic heterocycles. The average molecular weight is 334 g/mol. The lowest BCUT2D eigenvalue weighted by Gasteiger charge is -2.07. The van der Waals surface area contributed by atoms with E-state index < -0.39 is 0 Å². The second-order valence-corrected chi connectivity index (χ2v) is 5.67. The second-order valence-electron chi connectivity index (χ2n) is 4.80. The van der Waals surface area contributed by atoms with Crippen LogP contribution < -0.4 is 5.32 Å². The highest BCUT2D eigenvalue weighted by Gasteiger charge is 2.18. The van der Waals surface area contributed by atoms with E-state index >= 15 is 0 Å². The van der Waals surface area contributed by atoms with Crippen molar-refractivity contribution in [1.29, 1.82) is 0 Å². The summed E-state index contributed by atoms with van der Waals surface area (Å²) in [6, 6.07) is 10.5. The Morgan fingerprint density at radius 3 is 2.50 bits per heavy atom. The van der Waals surface area contributed by atoms with E-state index in [1.165, 1.54) is 0 Å². The van der Waals surface area contributed by atoms with Gasteiger partial charge in [-0.1, -0.05) is 30.1 Å². The molecule has 1 N–H and O–H groups in total. The van der Waals surface area contributed by atoms with Crippen LogP contribution in [-0.2, 0) is 6.42 Å². The number of carbonyl (C=O) groups is 1. The van der Waals surface area contributed by atoms with Crippen LogP contribution in [-0.4, -0.2) is 15.3 Å². The molecule has 0 atom stereocenters. The Morgan fingerprint density at radius 1 is 1.14 bits per heavy atom. The summed E-state index contributed by atoms with van der Waals surface area (Å²) in [5.41, 5.74) is 2.60. The molecule has 0 saturated heterocycles. The molecule has 0 spiro atoms. The standard InChI is InChI=1S/C16H13Cl2N3O/c1-2-13-15(21-9-11(18)5-8-14(21)20-13)16(22)19-12-6-3-10(17)4-7-12/h3-9H,2H2,1H3,(H,19,22). The summed E-state index contributed by atoms with van der Waals surface area (Å²) in [6.07, 6.45) is 2.35. The smallest absolute Gasteiger partial charge is 0.274 e. The normalized spacial score (nSPS) is 10.9. The van der Waals surface area contributed by atoms with Crippen molar-refractivity contribution in [2.45, 2.75) is 13.3 Å². The summed E-state index contributed by atoms with van der Waals surface area (Å²) in [5.74, 6) is -0.228. The van der Waals surface area contributed by atoms with Crippen LogP contribution in [0.1, 0.15) is 23.1 Å². The molecule has 0 unspecified atom stereocenters. The first-order valence-electron chi connectivity index (χ1n) is 6.82. The van der Waals surface area contributed by atoms with Crippen molar-refractivity contribution in [2.75, 3.05) is 5.32 Å². The van der Waals surface area contributed by atoms with Crippen molar-refractivity contribution < 1.29 is 4.79 Å². The van der Waals surface area contributed by atoms with Gasteiger partial charge in [0.2, 0.25) is 0 Å². The van der Waals surface area contributed by atoms with Crippen LogP contribution >= 0.6 is 23.2 Å². The van der Waals surface area contributed by atoms with E-state index in [9.17, 15) is 4.79 Å². The van der Waals surface area contributed by atoms with E-state index in [0.717, 1.165) is 5.69 Å². The first-order valence-corrected chi connectivity index (χ1v) is 7.57. The van der Waals surface area contributed by atoms with Gasteiger partial charge in [-0.3, -0.25) is 9.20 Å². The van der Waals surface area contributed by atoms with Gasteiger partial charge in [-0.25, -0.2) is 4.98 Å².